The van der Waals surface area contributed by atoms with Crippen molar-refractivity contribution >= 4 is 11.9 Å². The van der Waals surface area contributed by atoms with Gasteiger partial charge >= 0.3 is 5.97 Å². The maximum absolute atomic E-state index is 14.0. The maximum Gasteiger partial charge on any atom is 0.329 e. The zero-order valence-corrected chi connectivity index (χ0v) is 18.6. The SMILES string of the molecule is COc1ccc(C(=O)NC2(C(=O)O)CCCCCC2)cc1OCCc1cc(C)ccc1F. The minimum Gasteiger partial charge on any atom is -0.493 e. The van der Waals surface area contributed by atoms with Crippen LogP contribution in [0.25, 0.3) is 0 Å². The number of aryl methyl sites for hydroxylation is 1. The molecule has 2 N–H and O–H groups in total. The van der Waals surface area contributed by atoms with E-state index in [-0.39, 0.29) is 18.0 Å². The number of aliphatic carboxylic acids is 1. The van der Waals surface area contributed by atoms with Gasteiger partial charge in [0.1, 0.15) is 11.4 Å². The van der Waals surface area contributed by atoms with Crippen molar-refractivity contribution in [2.24, 2.45) is 0 Å². The van der Waals surface area contributed by atoms with Gasteiger partial charge < -0.3 is 19.9 Å². The molecule has 0 aromatic heterocycles. The summed E-state index contributed by atoms with van der Waals surface area (Å²) < 4.78 is 25.1. The second-order valence-electron chi connectivity index (χ2n) is 8.31. The first-order valence-electron chi connectivity index (χ1n) is 11.0. The summed E-state index contributed by atoms with van der Waals surface area (Å²) in [6.07, 6.45) is 4.64. The second-order valence-corrected chi connectivity index (χ2v) is 8.31. The Bertz CT molecular complexity index is 967. The van der Waals surface area contributed by atoms with E-state index in [4.69, 9.17) is 9.47 Å². The van der Waals surface area contributed by atoms with E-state index >= 15 is 0 Å². The lowest BCUT2D eigenvalue weighted by Crippen LogP contribution is -2.54. The number of ether oxygens (including phenoxy) is 2. The van der Waals surface area contributed by atoms with Crippen LogP contribution in [0.15, 0.2) is 36.4 Å². The molecule has 2 aromatic rings. The molecule has 0 heterocycles. The highest BCUT2D eigenvalue weighted by molar-refractivity contribution is 5.98. The predicted molar refractivity (Wildman–Crippen MR) is 119 cm³/mol. The molecule has 2 aromatic carbocycles. The Hall–Kier alpha value is -3.09. The van der Waals surface area contributed by atoms with Gasteiger partial charge in [0, 0.05) is 12.0 Å². The van der Waals surface area contributed by atoms with Gasteiger partial charge in [-0.3, -0.25) is 4.79 Å². The molecule has 172 valence electrons. The number of carbonyl (C=O) groups excluding carboxylic acids is 1. The summed E-state index contributed by atoms with van der Waals surface area (Å²) in [5.41, 5.74) is 0.544. The molecule has 0 saturated heterocycles. The predicted octanol–water partition coefficient (Wildman–Crippen LogP) is 4.67. The highest BCUT2D eigenvalue weighted by Crippen LogP contribution is 2.31. The summed E-state index contributed by atoms with van der Waals surface area (Å²) >= 11 is 0. The summed E-state index contributed by atoms with van der Waals surface area (Å²) in [4.78, 5) is 24.9. The summed E-state index contributed by atoms with van der Waals surface area (Å²) in [7, 11) is 1.49. The van der Waals surface area contributed by atoms with E-state index in [1.807, 2.05) is 6.92 Å². The van der Waals surface area contributed by atoms with Crippen molar-refractivity contribution in [1.82, 2.24) is 5.32 Å². The number of hydrogen-bond acceptors (Lipinski definition) is 4. The number of rotatable bonds is 8. The molecule has 7 heteroatoms. The normalized spacial score (nSPS) is 15.5. The van der Waals surface area contributed by atoms with Crippen LogP contribution in [0.1, 0.15) is 60.0 Å². The Labute approximate surface area is 187 Å². The van der Waals surface area contributed by atoms with Crippen molar-refractivity contribution in [2.75, 3.05) is 13.7 Å². The van der Waals surface area contributed by atoms with Crippen molar-refractivity contribution in [2.45, 2.75) is 57.4 Å². The van der Waals surface area contributed by atoms with Gasteiger partial charge in [-0.1, -0.05) is 43.4 Å². The molecule has 0 aliphatic heterocycles. The van der Waals surface area contributed by atoms with Crippen LogP contribution in [0.3, 0.4) is 0 Å². The average Bonchev–Trinajstić information content (AvgIpc) is 3.02. The fourth-order valence-electron chi connectivity index (χ4n) is 4.11. The molecule has 0 radical (unpaired) electrons. The molecule has 0 atom stereocenters. The largest absolute Gasteiger partial charge is 0.493 e. The quantitative estimate of drug-likeness (QED) is 0.579. The molecular weight excluding hydrogens is 413 g/mol. The van der Waals surface area contributed by atoms with Gasteiger partial charge in [-0.05, 0) is 49.6 Å². The number of amides is 1. The molecule has 1 saturated carbocycles. The fourth-order valence-corrected chi connectivity index (χ4v) is 4.11. The summed E-state index contributed by atoms with van der Waals surface area (Å²) in [5, 5.41) is 12.6. The molecule has 1 fully saturated rings. The van der Waals surface area contributed by atoms with E-state index in [1.165, 1.54) is 19.2 Å². The number of benzene rings is 2. The molecule has 0 unspecified atom stereocenters. The molecular formula is C25H30FNO5. The molecule has 1 amide bonds. The van der Waals surface area contributed by atoms with Gasteiger partial charge in [0.2, 0.25) is 0 Å². The number of carbonyl (C=O) groups is 2. The van der Waals surface area contributed by atoms with Gasteiger partial charge in [-0.25, -0.2) is 9.18 Å². The van der Waals surface area contributed by atoms with E-state index in [0.29, 0.717) is 36.3 Å². The van der Waals surface area contributed by atoms with Crippen LogP contribution < -0.4 is 14.8 Å². The maximum atomic E-state index is 14.0. The van der Waals surface area contributed by atoms with Crippen LogP contribution in [-0.2, 0) is 11.2 Å². The third-order valence-electron chi connectivity index (χ3n) is 5.98. The molecule has 0 bridgehead atoms. The van der Waals surface area contributed by atoms with Gasteiger partial charge in [0.05, 0.1) is 13.7 Å². The van der Waals surface area contributed by atoms with Crippen LogP contribution in [-0.4, -0.2) is 36.2 Å². The van der Waals surface area contributed by atoms with Gasteiger partial charge in [-0.2, -0.15) is 0 Å². The van der Waals surface area contributed by atoms with Crippen molar-refractivity contribution in [1.29, 1.82) is 0 Å². The van der Waals surface area contributed by atoms with Crippen LogP contribution in [0.2, 0.25) is 0 Å². The van der Waals surface area contributed by atoms with Crippen LogP contribution >= 0.6 is 0 Å². The van der Waals surface area contributed by atoms with E-state index in [1.54, 1.807) is 24.3 Å². The second kappa shape index (κ2) is 10.5. The summed E-state index contributed by atoms with van der Waals surface area (Å²) in [6, 6.07) is 9.64. The van der Waals surface area contributed by atoms with Crippen LogP contribution in [0.5, 0.6) is 11.5 Å². The Kier molecular flexibility index (Phi) is 7.72. The standard InChI is InChI=1S/C25H30FNO5/c1-17-7-9-20(26)18(15-17)11-14-32-22-16-19(8-10-21(22)31-2)23(28)27-25(24(29)30)12-5-3-4-6-13-25/h7-10,15-16H,3-6,11-14H2,1-2H3,(H,27,28)(H,29,30). The molecule has 0 spiro atoms. The highest BCUT2D eigenvalue weighted by atomic mass is 19.1. The smallest absolute Gasteiger partial charge is 0.329 e. The third kappa shape index (κ3) is 5.58. The Morgan fingerprint density at radius 1 is 1.06 bits per heavy atom. The third-order valence-corrected chi connectivity index (χ3v) is 5.98. The van der Waals surface area contributed by atoms with Gasteiger partial charge in [-0.15, -0.1) is 0 Å². The molecule has 6 nitrogen and oxygen atoms in total. The lowest BCUT2D eigenvalue weighted by Gasteiger charge is -2.29. The van der Waals surface area contributed by atoms with Crippen molar-refractivity contribution in [3.05, 3.63) is 58.9 Å². The number of carboxylic acids is 1. The average molecular weight is 444 g/mol. The fraction of sp³-hybridized carbons (Fsp3) is 0.440. The van der Waals surface area contributed by atoms with E-state index in [9.17, 15) is 19.1 Å². The highest BCUT2D eigenvalue weighted by Gasteiger charge is 2.40. The first-order chi connectivity index (χ1) is 15.3. The van der Waals surface area contributed by atoms with Gasteiger partial charge in [0.15, 0.2) is 11.5 Å². The molecule has 1 aliphatic carbocycles. The summed E-state index contributed by atoms with van der Waals surface area (Å²) in [5.74, 6) is -0.974. The Morgan fingerprint density at radius 2 is 1.78 bits per heavy atom. The lowest BCUT2D eigenvalue weighted by molar-refractivity contribution is -0.145. The monoisotopic (exact) mass is 443 g/mol. The first kappa shape index (κ1) is 23.6. The van der Waals surface area contributed by atoms with Gasteiger partial charge in [0.25, 0.3) is 5.91 Å². The minimum atomic E-state index is -1.25. The van der Waals surface area contributed by atoms with Crippen LogP contribution in [0, 0.1) is 12.7 Å². The molecule has 3 rings (SSSR count). The number of nitrogens with one attached hydrogen (secondary N) is 1. The van der Waals surface area contributed by atoms with Crippen molar-refractivity contribution < 1.29 is 28.6 Å². The molecule has 1 aliphatic rings. The van der Waals surface area contributed by atoms with E-state index < -0.39 is 17.4 Å². The number of hydrogen-bond donors (Lipinski definition) is 2. The number of carboxylic acid groups (broad SMARTS) is 1. The molecule has 32 heavy (non-hydrogen) atoms. The topological polar surface area (TPSA) is 84.9 Å². The zero-order valence-electron chi connectivity index (χ0n) is 18.6. The Morgan fingerprint density at radius 3 is 2.44 bits per heavy atom. The van der Waals surface area contributed by atoms with Crippen molar-refractivity contribution in [3.8, 4) is 11.5 Å². The van der Waals surface area contributed by atoms with Crippen LogP contribution in [0.4, 0.5) is 4.39 Å². The first-order valence-corrected chi connectivity index (χ1v) is 11.0. The van der Waals surface area contributed by atoms with E-state index in [2.05, 4.69) is 5.32 Å². The van der Waals surface area contributed by atoms with E-state index in [0.717, 1.165) is 31.2 Å². The minimum absolute atomic E-state index is 0.195. The Balaban J connectivity index is 1.73. The zero-order chi connectivity index (χ0) is 23.1. The lowest BCUT2D eigenvalue weighted by atomic mass is 9.90. The summed E-state index contributed by atoms with van der Waals surface area (Å²) in [6.45, 7) is 2.09. The number of halogens is 1. The van der Waals surface area contributed by atoms with Crippen molar-refractivity contribution in [3.63, 3.8) is 0 Å². The number of methoxy groups -OCH3 is 1.